The van der Waals surface area contributed by atoms with Crippen molar-refractivity contribution in [1.29, 1.82) is 0 Å². The van der Waals surface area contributed by atoms with Crippen molar-refractivity contribution < 1.29 is 9.13 Å². The predicted octanol–water partition coefficient (Wildman–Crippen LogP) is 4.59. The first-order valence-corrected chi connectivity index (χ1v) is 6.09. The van der Waals surface area contributed by atoms with E-state index >= 15 is 0 Å². The van der Waals surface area contributed by atoms with Crippen molar-refractivity contribution >= 4 is 0 Å². The summed E-state index contributed by atoms with van der Waals surface area (Å²) in [7, 11) is 0. The van der Waals surface area contributed by atoms with E-state index in [1.54, 1.807) is 6.07 Å². The van der Waals surface area contributed by atoms with E-state index in [2.05, 4.69) is 0 Å². The van der Waals surface area contributed by atoms with Crippen LogP contribution in [-0.2, 0) is 0 Å². The Kier molecular flexibility index (Phi) is 3.66. The first-order chi connectivity index (χ1) is 8.56. The van der Waals surface area contributed by atoms with Gasteiger partial charge in [0.25, 0.3) is 0 Å². The Morgan fingerprint density at radius 1 is 0.944 bits per heavy atom. The number of hydrogen-bond acceptors (Lipinski definition) is 1. The van der Waals surface area contributed by atoms with Crippen LogP contribution in [0.2, 0.25) is 0 Å². The molecule has 0 radical (unpaired) electrons. The van der Waals surface area contributed by atoms with Crippen molar-refractivity contribution in [1.82, 2.24) is 0 Å². The van der Waals surface area contributed by atoms with Gasteiger partial charge < -0.3 is 4.74 Å². The Hall–Kier alpha value is -1.83. The van der Waals surface area contributed by atoms with Crippen LogP contribution in [0.5, 0.6) is 5.75 Å². The molecule has 0 unspecified atom stereocenters. The average Bonchev–Trinajstić information content (AvgIpc) is 2.32. The van der Waals surface area contributed by atoms with Crippen LogP contribution in [0.25, 0.3) is 11.1 Å². The number of halogens is 1. The van der Waals surface area contributed by atoms with Gasteiger partial charge in [0, 0.05) is 0 Å². The molecule has 0 amide bonds. The summed E-state index contributed by atoms with van der Waals surface area (Å²) < 4.78 is 19.2. The smallest absolute Gasteiger partial charge is 0.165 e. The molecule has 0 fully saturated rings. The average molecular weight is 244 g/mol. The molecule has 2 aromatic rings. The molecule has 0 spiro atoms. The molecule has 0 atom stereocenters. The Morgan fingerprint density at radius 3 is 2.11 bits per heavy atom. The third-order valence-electron chi connectivity index (χ3n) is 2.68. The topological polar surface area (TPSA) is 9.23 Å². The SMILES string of the molecule is Cc1ccc(-c2ccc(OC(C)C)c(F)c2)cc1. The first-order valence-electron chi connectivity index (χ1n) is 6.09. The number of aryl methyl sites for hydroxylation is 1. The Labute approximate surface area is 107 Å². The van der Waals surface area contributed by atoms with Crippen LogP contribution in [0.1, 0.15) is 19.4 Å². The van der Waals surface area contributed by atoms with E-state index in [1.807, 2.05) is 51.1 Å². The summed E-state index contributed by atoms with van der Waals surface area (Å²) in [5.74, 6) is -0.0114. The molecule has 0 saturated carbocycles. The summed E-state index contributed by atoms with van der Waals surface area (Å²) in [5, 5.41) is 0. The maximum absolute atomic E-state index is 13.9. The van der Waals surface area contributed by atoms with Gasteiger partial charge in [-0.1, -0.05) is 35.9 Å². The predicted molar refractivity (Wildman–Crippen MR) is 72.3 cm³/mol. The summed E-state index contributed by atoms with van der Waals surface area (Å²) in [5.41, 5.74) is 3.07. The molecule has 18 heavy (non-hydrogen) atoms. The third-order valence-corrected chi connectivity index (χ3v) is 2.68. The molecule has 2 rings (SSSR count). The molecule has 0 aliphatic rings. The van der Waals surface area contributed by atoms with Gasteiger partial charge in [-0.25, -0.2) is 4.39 Å². The maximum atomic E-state index is 13.9. The molecule has 0 aliphatic heterocycles. The van der Waals surface area contributed by atoms with Gasteiger partial charge >= 0.3 is 0 Å². The van der Waals surface area contributed by atoms with Crippen LogP contribution in [0, 0.1) is 12.7 Å². The van der Waals surface area contributed by atoms with Crippen LogP contribution >= 0.6 is 0 Å². The highest BCUT2D eigenvalue weighted by Gasteiger charge is 2.07. The Bertz CT molecular complexity index is 529. The maximum Gasteiger partial charge on any atom is 0.165 e. The molecule has 0 heterocycles. The molecule has 1 nitrogen and oxygen atoms in total. The standard InChI is InChI=1S/C16H17FO/c1-11(2)18-16-9-8-14(10-15(16)17)13-6-4-12(3)5-7-13/h4-11H,1-3H3. The lowest BCUT2D eigenvalue weighted by molar-refractivity contribution is 0.231. The molecule has 0 bridgehead atoms. The van der Waals surface area contributed by atoms with Crippen LogP contribution in [0.15, 0.2) is 42.5 Å². The second-order valence-corrected chi connectivity index (χ2v) is 4.68. The second-order valence-electron chi connectivity index (χ2n) is 4.68. The number of ether oxygens (including phenoxy) is 1. The van der Waals surface area contributed by atoms with Gasteiger partial charge in [0.15, 0.2) is 11.6 Å². The third kappa shape index (κ3) is 2.89. The highest BCUT2D eigenvalue weighted by Crippen LogP contribution is 2.26. The highest BCUT2D eigenvalue weighted by molar-refractivity contribution is 5.64. The summed E-state index contributed by atoms with van der Waals surface area (Å²) in [6.45, 7) is 5.80. The van der Waals surface area contributed by atoms with Crippen LogP contribution in [0.4, 0.5) is 4.39 Å². The fourth-order valence-corrected chi connectivity index (χ4v) is 1.78. The normalized spacial score (nSPS) is 10.7. The minimum Gasteiger partial charge on any atom is -0.488 e. The van der Waals surface area contributed by atoms with E-state index < -0.39 is 0 Å². The van der Waals surface area contributed by atoms with Gasteiger partial charge in [-0.3, -0.25) is 0 Å². The van der Waals surface area contributed by atoms with Crippen molar-refractivity contribution in [2.75, 3.05) is 0 Å². The second kappa shape index (κ2) is 5.21. The zero-order valence-electron chi connectivity index (χ0n) is 10.9. The van der Waals surface area contributed by atoms with E-state index in [9.17, 15) is 4.39 Å². The summed E-state index contributed by atoms with van der Waals surface area (Å²) in [6.07, 6.45) is -0.0234. The minimum atomic E-state index is -0.318. The van der Waals surface area contributed by atoms with Gasteiger partial charge in [0.05, 0.1) is 6.10 Å². The number of benzene rings is 2. The Balaban J connectivity index is 2.31. The van der Waals surface area contributed by atoms with Gasteiger partial charge in [-0.05, 0) is 44.0 Å². The lowest BCUT2D eigenvalue weighted by atomic mass is 10.0. The van der Waals surface area contributed by atoms with Crippen LogP contribution in [0.3, 0.4) is 0 Å². The first kappa shape index (κ1) is 12.6. The van der Waals surface area contributed by atoms with Crippen molar-refractivity contribution in [3.8, 4) is 16.9 Å². The monoisotopic (exact) mass is 244 g/mol. The van der Waals surface area contributed by atoms with Crippen LogP contribution in [-0.4, -0.2) is 6.10 Å². The fraction of sp³-hybridized carbons (Fsp3) is 0.250. The van der Waals surface area contributed by atoms with E-state index in [0.29, 0.717) is 5.75 Å². The van der Waals surface area contributed by atoms with E-state index in [0.717, 1.165) is 11.1 Å². The van der Waals surface area contributed by atoms with Gasteiger partial charge in [-0.2, -0.15) is 0 Å². The van der Waals surface area contributed by atoms with E-state index in [1.165, 1.54) is 11.6 Å². The van der Waals surface area contributed by atoms with Crippen molar-refractivity contribution in [2.24, 2.45) is 0 Å². The van der Waals surface area contributed by atoms with Gasteiger partial charge in [0.2, 0.25) is 0 Å². The van der Waals surface area contributed by atoms with Gasteiger partial charge in [0.1, 0.15) is 0 Å². The lowest BCUT2D eigenvalue weighted by Gasteiger charge is -2.11. The van der Waals surface area contributed by atoms with Crippen LogP contribution < -0.4 is 4.74 Å². The van der Waals surface area contributed by atoms with Gasteiger partial charge in [-0.15, -0.1) is 0 Å². The highest BCUT2D eigenvalue weighted by atomic mass is 19.1. The summed E-state index contributed by atoms with van der Waals surface area (Å²) in [6, 6.07) is 13.1. The van der Waals surface area contributed by atoms with Crippen molar-refractivity contribution in [2.45, 2.75) is 26.9 Å². The van der Waals surface area contributed by atoms with Crippen molar-refractivity contribution in [3.63, 3.8) is 0 Å². The quantitative estimate of drug-likeness (QED) is 0.767. The lowest BCUT2D eigenvalue weighted by Crippen LogP contribution is -2.06. The van der Waals surface area contributed by atoms with E-state index in [4.69, 9.17) is 4.74 Å². The molecule has 0 aliphatic carbocycles. The minimum absolute atomic E-state index is 0.0234. The molecular weight excluding hydrogens is 227 g/mol. The molecule has 0 N–H and O–H groups in total. The number of rotatable bonds is 3. The summed E-state index contributed by atoms with van der Waals surface area (Å²) >= 11 is 0. The Morgan fingerprint density at radius 2 is 1.56 bits per heavy atom. The summed E-state index contributed by atoms with van der Waals surface area (Å²) in [4.78, 5) is 0. The van der Waals surface area contributed by atoms with E-state index in [-0.39, 0.29) is 11.9 Å². The molecule has 2 aromatic carbocycles. The molecule has 0 saturated heterocycles. The molecule has 0 aromatic heterocycles. The van der Waals surface area contributed by atoms with Crippen molar-refractivity contribution in [3.05, 3.63) is 53.8 Å². The molecular formula is C16H17FO. The zero-order chi connectivity index (χ0) is 13.1. The number of hydrogen-bond donors (Lipinski definition) is 0. The fourth-order valence-electron chi connectivity index (χ4n) is 1.78. The molecule has 2 heteroatoms. The molecule has 94 valence electrons. The zero-order valence-corrected chi connectivity index (χ0v) is 10.9. The largest absolute Gasteiger partial charge is 0.488 e.